The van der Waals surface area contributed by atoms with E-state index in [9.17, 15) is 26.4 Å². The molecule has 0 N–H and O–H groups in total. The Morgan fingerprint density at radius 1 is 1.13 bits per heavy atom. The lowest BCUT2D eigenvalue weighted by atomic mass is 9.85. The Kier molecular flexibility index (Phi) is 9.61. The lowest BCUT2D eigenvalue weighted by Gasteiger charge is -2.22. The van der Waals surface area contributed by atoms with Gasteiger partial charge in [0.1, 0.15) is 0 Å². The molecule has 1 saturated carbocycles. The van der Waals surface area contributed by atoms with Crippen LogP contribution in [-0.2, 0) is 14.8 Å². The van der Waals surface area contributed by atoms with Crippen molar-refractivity contribution < 1.29 is 26.4 Å². The minimum Gasteiger partial charge on any atom is -0.273 e. The average Bonchev–Trinajstić information content (AvgIpc) is 2.67. The van der Waals surface area contributed by atoms with Gasteiger partial charge in [0.15, 0.2) is 0 Å². The number of rotatable bonds is 9. The van der Waals surface area contributed by atoms with Gasteiger partial charge in [-0.15, -0.1) is 0 Å². The molecule has 9 heteroatoms. The number of nitrogens with zero attached hydrogens (tertiary/aromatic N) is 1. The molecule has 31 heavy (non-hydrogen) atoms. The van der Waals surface area contributed by atoms with Crippen molar-refractivity contribution >= 4 is 37.5 Å². The van der Waals surface area contributed by atoms with Crippen molar-refractivity contribution in [3.8, 4) is 0 Å². The Labute approximate surface area is 191 Å². The van der Waals surface area contributed by atoms with Crippen LogP contribution in [0.3, 0.4) is 0 Å². The van der Waals surface area contributed by atoms with E-state index in [1.165, 1.54) is 18.6 Å². The van der Waals surface area contributed by atoms with Crippen molar-refractivity contribution in [1.29, 1.82) is 0 Å². The highest BCUT2D eigenvalue weighted by atomic mass is 79.9. The first-order valence-electron chi connectivity index (χ1n) is 10.5. The molecule has 0 radical (unpaired) electrons. The number of alkyl halides is 3. The van der Waals surface area contributed by atoms with Gasteiger partial charge in [0, 0.05) is 16.5 Å². The fourth-order valence-electron chi connectivity index (χ4n) is 3.98. The number of sulfonamides is 1. The predicted octanol–water partition coefficient (Wildman–Crippen LogP) is 6.76. The second kappa shape index (κ2) is 11.5. The van der Waals surface area contributed by atoms with Crippen LogP contribution in [0, 0.1) is 5.92 Å². The van der Waals surface area contributed by atoms with Crippen LogP contribution in [0.1, 0.15) is 64.2 Å². The summed E-state index contributed by atoms with van der Waals surface area (Å²) in [5.74, 6) is -0.246. The summed E-state index contributed by atoms with van der Waals surface area (Å²) < 4.78 is 65.8. The van der Waals surface area contributed by atoms with Gasteiger partial charge in [-0.05, 0) is 49.4 Å². The molecule has 0 heterocycles. The Bertz CT molecular complexity index is 861. The van der Waals surface area contributed by atoms with Gasteiger partial charge >= 0.3 is 6.18 Å². The van der Waals surface area contributed by atoms with Crippen LogP contribution in [0.25, 0.3) is 0 Å². The third kappa shape index (κ3) is 8.60. The highest BCUT2D eigenvalue weighted by Gasteiger charge is 2.33. The van der Waals surface area contributed by atoms with E-state index in [0.717, 1.165) is 44.4 Å². The number of benzene rings is 1. The second-order valence-corrected chi connectivity index (χ2v) is 10.8. The van der Waals surface area contributed by atoms with E-state index >= 15 is 0 Å². The van der Waals surface area contributed by atoms with Crippen LogP contribution in [0.15, 0.2) is 40.4 Å². The van der Waals surface area contributed by atoms with E-state index < -0.39 is 27.7 Å². The van der Waals surface area contributed by atoms with E-state index in [2.05, 4.69) is 15.9 Å². The van der Waals surface area contributed by atoms with E-state index in [-0.39, 0.29) is 24.9 Å². The number of hydrogen-bond donors (Lipinski definition) is 0. The number of amides is 1. The van der Waals surface area contributed by atoms with Crippen molar-refractivity contribution in [2.24, 2.45) is 5.92 Å². The minimum absolute atomic E-state index is 0.0727. The zero-order valence-electron chi connectivity index (χ0n) is 17.6. The molecule has 0 saturated heterocycles. The van der Waals surface area contributed by atoms with Crippen LogP contribution in [0.4, 0.5) is 18.9 Å². The number of carbonyl (C=O) groups excluding carboxylic acids is 1. The fourth-order valence-corrected chi connectivity index (χ4v) is 5.22. The highest BCUT2D eigenvalue weighted by Crippen LogP contribution is 2.33. The molecule has 1 aromatic rings. The van der Waals surface area contributed by atoms with Crippen molar-refractivity contribution in [3.05, 3.63) is 40.4 Å². The van der Waals surface area contributed by atoms with Gasteiger partial charge in [-0.1, -0.05) is 60.5 Å². The van der Waals surface area contributed by atoms with Crippen LogP contribution in [-0.4, -0.2) is 26.8 Å². The number of hydrogen-bond acceptors (Lipinski definition) is 3. The van der Waals surface area contributed by atoms with Crippen molar-refractivity contribution in [2.75, 3.05) is 10.6 Å². The molecule has 0 bridgehead atoms. The lowest BCUT2D eigenvalue weighted by Crippen LogP contribution is -2.35. The smallest absolute Gasteiger partial charge is 0.273 e. The lowest BCUT2D eigenvalue weighted by molar-refractivity contribution is -0.117. The topological polar surface area (TPSA) is 54.5 Å². The number of carbonyl (C=O) groups is 1. The summed E-state index contributed by atoms with van der Waals surface area (Å²) in [7, 11) is -3.91. The molecular formula is C22H29BrF3NO3S. The SMILES string of the molecule is CS(=O)(=O)N(C(=O)CC/C=C(\CCCC1CCCCC1)C(F)(F)F)c1ccc(Br)cc1. The minimum atomic E-state index is -4.45. The molecule has 1 fully saturated rings. The molecule has 0 aliphatic heterocycles. The molecule has 174 valence electrons. The molecule has 1 aromatic carbocycles. The highest BCUT2D eigenvalue weighted by molar-refractivity contribution is 9.10. The molecule has 1 aliphatic carbocycles. The first kappa shape index (κ1) is 25.9. The van der Waals surface area contributed by atoms with Gasteiger partial charge in [-0.3, -0.25) is 4.79 Å². The van der Waals surface area contributed by atoms with Gasteiger partial charge in [0.25, 0.3) is 0 Å². The third-order valence-corrected chi connectivity index (χ3v) is 7.12. The van der Waals surface area contributed by atoms with Gasteiger partial charge in [0.05, 0.1) is 11.9 Å². The van der Waals surface area contributed by atoms with Gasteiger partial charge in [-0.25, -0.2) is 12.7 Å². The molecule has 1 aliphatic rings. The molecule has 4 nitrogen and oxygen atoms in total. The third-order valence-electron chi connectivity index (χ3n) is 5.52. The second-order valence-electron chi connectivity index (χ2n) is 8.06. The maximum absolute atomic E-state index is 13.4. The van der Waals surface area contributed by atoms with E-state index in [0.29, 0.717) is 21.1 Å². The summed E-state index contributed by atoms with van der Waals surface area (Å²) in [6.07, 6.45) is 3.90. The molecule has 0 aromatic heterocycles. The van der Waals surface area contributed by atoms with Crippen molar-refractivity contribution in [3.63, 3.8) is 0 Å². The van der Waals surface area contributed by atoms with Crippen LogP contribution < -0.4 is 4.31 Å². The standard InChI is InChI=1S/C22H29BrF3NO3S/c1-31(29,30)27(20-15-13-19(23)14-16-20)21(28)12-6-11-18(22(24,25)26)10-5-9-17-7-3-2-4-8-17/h11,13-17H,2-10,12H2,1H3/b18-11+. The van der Waals surface area contributed by atoms with Crippen molar-refractivity contribution in [2.45, 2.75) is 70.4 Å². The number of halogens is 4. The first-order chi connectivity index (χ1) is 14.5. The van der Waals surface area contributed by atoms with E-state index in [1.54, 1.807) is 12.1 Å². The number of allylic oxidation sites excluding steroid dienone is 2. The average molecular weight is 524 g/mol. The van der Waals surface area contributed by atoms with Gasteiger partial charge < -0.3 is 0 Å². The maximum Gasteiger partial charge on any atom is 0.412 e. The monoisotopic (exact) mass is 523 g/mol. The summed E-state index contributed by atoms with van der Waals surface area (Å²) in [4.78, 5) is 12.6. The molecule has 0 unspecified atom stereocenters. The van der Waals surface area contributed by atoms with E-state index in [1.807, 2.05) is 0 Å². The molecular weight excluding hydrogens is 495 g/mol. The zero-order chi connectivity index (χ0) is 23.1. The quantitative estimate of drug-likeness (QED) is 0.336. The Morgan fingerprint density at radius 2 is 1.74 bits per heavy atom. The summed E-state index contributed by atoms with van der Waals surface area (Å²) in [6, 6.07) is 6.11. The van der Waals surface area contributed by atoms with E-state index in [4.69, 9.17) is 0 Å². The van der Waals surface area contributed by atoms with Crippen LogP contribution >= 0.6 is 15.9 Å². The Hall–Kier alpha value is -1.35. The van der Waals surface area contributed by atoms with Gasteiger partial charge in [0.2, 0.25) is 15.9 Å². The summed E-state index contributed by atoms with van der Waals surface area (Å²) >= 11 is 3.24. The molecule has 2 rings (SSSR count). The summed E-state index contributed by atoms with van der Waals surface area (Å²) in [5.41, 5.74) is -0.478. The fraction of sp³-hybridized carbons (Fsp3) is 0.591. The van der Waals surface area contributed by atoms with Gasteiger partial charge in [-0.2, -0.15) is 13.2 Å². The first-order valence-corrected chi connectivity index (χ1v) is 13.2. The summed E-state index contributed by atoms with van der Waals surface area (Å²) in [6.45, 7) is 0. The summed E-state index contributed by atoms with van der Waals surface area (Å²) in [5, 5.41) is 0. The Morgan fingerprint density at radius 3 is 2.29 bits per heavy atom. The maximum atomic E-state index is 13.4. The predicted molar refractivity (Wildman–Crippen MR) is 120 cm³/mol. The molecule has 1 amide bonds. The number of anilines is 1. The molecule has 0 atom stereocenters. The van der Waals surface area contributed by atoms with Crippen molar-refractivity contribution in [1.82, 2.24) is 0 Å². The Balaban J connectivity index is 2.00. The zero-order valence-corrected chi connectivity index (χ0v) is 20.0. The normalized spacial score (nSPS) is 16.4. The largest absolute Gasteiger partial charge is 0.412 e. The van der Waals surface area contributed by atoms with Crippen LogP contribution in [0.2, 0.25) is 0 Å². The molecule has 0 spiro atoms. The van der Waals surface area contributed by atoms with Crippen LogP contribution in [0.5, 0.6) is 0 Å².